The molecule has 4 fully saturated rings. The number of fused-ring (bicyclic) bond motifs is 5. The number of alkyl carbamates (subject to hydrolysis) is 1. The van der Waals surface area contributed by atoms with Crippen molar-refractivity contribution in [2.24, 2.45) is 11.3 Å². The van der Waals surface area contributed by atoms with Gasteiger partial charge in [0.05, 0.1) is 35.5 Å². The Morgan fingerprint density at radius 3 is 2.37 bits per heavy atom. The van der Waals surface area contributed by atoms with Gasteiger partial charge in [-0.2, -0.15) is 8.78 Å². The highest BCUT2D eigenvalue weighted by Crippen LogP contribution is 2.47. The number of allylic oxidation sites excluding steroid dienone is 1. The number of amides is 4. The number of para-hydroxylation sites is 2. The fraction of sp³-hybridized carbons (Fsp3) is 0.641. The van der Waals surface area contributed by atoms with Crippen LogP contribution in [0.1, 0.15) is 91.7 Å². The molecule has 1 saturated heterocycles. The average molecular weight is 817 g/mol. The van der Waals surface area contributed by atoms with E-state index in [1.165, 1.54) is 4.90 Å². The topological polar surface area (TPSA) is 195 Å². The number of nitrogens with one attached hydrogen (secondary N) is 3. The quantitative estimate of drug-likeness (QED) is 0.357. The third-order valence-electron chi connectivity index (χ3n) is 11.6. The van der Waals surface area contributed by atoms with Crippen LogP contribution in [0.2, 0.25) is 0 Å². The van der Waals surface area contributed by atoms with Crippen LogP contribution in [0.3, 0.4) is 0 Å². The van der Waals surface area contributed by atoms with Crippen molar-refractivity contribution in [2.45, 2.75) is 133 Å². The maximum atomic E-state index is 16.2. The van der Waals surface area contributed by atoms with Crippen molar-refractivity contribution >= 4 is 44.9 Å². The first kappa shape index (κ1) is 40.7. The molecule has 7 rings (SSSR count). The summed E-state index contributed by atoms with van der Waals surface area (Å²) < 4.78 is 78.1. The van der Waals surface area contributed by atoms with Crippen molar-refractivity contribution in [1.82, 2.24) is 30.2 Å². The van der Waals surface area contributed by atoms with Gasteiger partial charge in [0, 0.05) is 6.42 Å². The normalized spacial score (nSPS) is 32.4. The number of ether oxygens (including phenoxy) is 3. The van der Waals surface area contributed by atoms with E-state index < -0.39 is 97.4 Å². The summed E-state index contributed by atoms with van der Waals surface area (Å²) in [5, 5.41) is 4.82. The number of alkyl halides is 2. The summed E-state index contributed by atoms with van der Waals surface area (Å²) in [6.07, 6.45) is 2.47. The van der Waals surface area contributed by atoms with Crippen LogP contribution in [0, 0.1) is 11.3 Å². The van der Waals surface area contributed by atoms with Gasteiger partial charge in [-0.15, -0.1) is 0 Å². The standard InChI is InChI=1S/C39H50F2N6O9S/c1-6-22-19-38(22,34(50)46-57(52,53)23-15-16-23)45-31(48)26-20-37(5)21-47(26)33(49)30(36(2,3)4)44-35(51)55-28-14-9-13-27(28)54-18-10-17-39(40,41)29-32(56-37)43-25-12-8-7-11-24(25)42-29/h7-8,10-12,17,22-23,26-28,30H,6,9,13-16,18-21H2,1-5H3,(H,44,51)(H,45,48)(H,46,50)/b17-10+/t22-,26+,27-,28-,30-,37-,38+/m1/s1. The van der Waals surface area contributed by atoms with Crippen molar-refractivity contribution in [3.05, 3.63) is 42.1 Å². The molecule has 2 aliphatic heterocycles. The summed E-state index contributed by atoms with van der Waals surface area (Å²) in [6, 6.07) is 3.82. The molecule has 1 aromatic carbocycles. The first-order chi connectivity index (χ1) is 26.7. The highest BCUT2D eigenvalue weighted by Gasteiger charge is 2.63. The summed E-state index contributed by atoms with van der Waals surface area (Å²) in [7, 11) is -3.95. The van der Waals surface area contributed by atoms with Crippen LogP contribution in [-0.4, -0.2) is 101 Å². The van der Waals surface area contributed by atoms with Gasteiger partial charge >= 0.3 is 12.0 Å². The minimum atomic E-state index is -3.95. The van der Waals surface area contributed by atoms with E-state index in [2.05, 4.69) is 25.3 Å². The number of nitrogens with zero attached hydrogens (tertiary/aromatic N) is 3. The zero-order chi connectivity index (χ0) is 41.1. The van der Waals surface area contributed by atoms with Gasteiger partial charge < -0.3 is 29.7 Å². The number of benzene rings is 1. The summed E-state index contributed by atoms with van der Waals surface area (Å²) in [5.41, 5.74) is -4.38. The van der Waals surface area contributed by atoms with Crippen LogP contribution >= 0.6 is 0 Å². The average Bonchev–Trinajstić information content (AvgIpc) is 4.04. The van der Waals surface area contributed by atoms with E-state index in [0.29, 0.717) is 44.6 Å². The lowest BCUT2D eigenvalue weighted by Gasteiger charge is -2.36. The zero-order valence-corrected chi connectivity index (χ0v) is 33.5. The van der Waals surface area contributed by atoms with E-state index in [9.17, 15) is 27.6 Å². The van der Waals surface area contributed by atoms with E-state index in [1.807, 2.05) is 6.92 Å². The van der Waals surface area contributed by atoms with Crippen LogP contribution in [0.25, 0.3) is 11.0 Å². The molecule has 2 bridgehead atoms. The predicted molar refractivity (Wildman–Crippen MR) is 201 cm³/mol. The number of hydrogen-bond donors (Lipinski definition) is 3. The van der Waals surface area contributed by atoms with Gasteiger partial charge in [-0.25, -0.2) is 23.2 Å². The minimum Gasteiger partial charge on any atom is -0.468 e. The third-order valence-corrected chi connectivity index (χ3v) is 13.4. The lowest BCUT2D eigenvalue weighted by atomic mass is 9.85. The molecule has 0 unspecified atom stereocenters. The van der Waals surface area contributed by atoms with E-state index in [0.717, 1.165) is 6.08 Å². The first-order valence-corrected chi connectivity index (χ1v) is 21.1. The molecule has 3 N–H and O–H groups in total. The highest BCUT2D eigenvalue weighted by molar-refractivity contribution is 7.91. The Morgan fingerprint density at radius 2 is 1.72 bits per heavy atom. The van der Waals surface area contributed by atoms with Gasteiger partial charge in [0.1, 0.15) is 29.3 Å². The summed E-state index contributed by atoms with van der Waals surface area (Å²) in [5.74, 6) is -6.95. The monoisotopic (exact) mass is 816 g/mol. The second-order valence-electron chi connectivity index (χ2n) is 17.3. The first-order valence-electron chi connectivity index (χ1n) is 19.5. The predicted octanol–water partition coefficient (Wildman–Crippen LogP) is 4.00. The Morgan fingerprint density at radius 1 is 1.04 bits per heavy atom. The lowest BCUT2D eigenvalue weighted by molar-refractivity contribution is -0.143. The Bertz CT molecular complexity index is 2090. The van der Waals surface area contributed by atoms with Crippen LogP contribution < -0.4 is 20.1 Å². The number of aromatic nitrogens is 2. The molecule has 310 valence electrons. The Kier molecular flexibility index (Phi) is 10.5. The van der Waals surface area contributed by atoms with Gasteiger partial charge in [-0.05, 0) is 75.0 Å². The van der Waals surface area contributed by atoms with Crippen LogP contribution in [0.4, 0.5) is 13.6 Å². The maximum absolute atomic E-state index is 16.2. The van der Waals surface area contributed by atoms with Gasteiger partial charge in [-0.3, -0.25) is 19.1 Å². The van der Waals surface area contributed by atoms with Crippen molar-refractivity contribution in [3.63, 3.8) is 0 Å². The van der Waals surface area contributed by atoms with E-state index in [1.54, 1.807) is 52.0 Å². The maximum Gasteiger partial charge on any atom is 0.408 e. The molecule has 0 spiro atoms. The molecule has 7 atom stereocenters. The minimum absolute atomic E-state index is 0.165. The van der Waals surface area contributed by atoms with Crippen LogP contribution in [0.5, 0.6) is 5.88 Å². The molecule has 2 aromatic rings. The van der Waals surface area contributed by atoms with E-state index in [-0.39, 0.29) is 42.9 Å². The van der Waals surface area contributed by atoms with E-state index >= 15 is 8.78 Å². The molecule has 0 radical (unpaired) electrons. The van der Waals surface area contributed by atoms with E-state index in [4.69, 9.17) is 14.2 Å². The van der Waals surface area contributed by atoms with Gasteiger partial charge in [0.25, 0.3) is 5.91 Å². The number of rotatable bonds is 6. The SMILES string of the molecule is CC[C@@H]1C[C@@]1(NC(=O)[C@@H]1C[C@]2(C)CN1C(=O)[C@H](C(C)(C)C)NC(=O)O[C@@H]1CCC[C@H]1OC/C=C/C(F)(F)c1nc3ccccc3nc1O2)C(=O)NS(=O)(=O)C1CC1. The fourth-order valence-electron chi connectivity index (χ4n) is 8.17. The molecular formula is C39H50F2N6O9S. The molecular weight excluding hydrogens is 767 g/mol. The van der Waals surface area contributed by atoms with Gasteiger partial charge in [0.2, 0.25) is 27.7 Å². The number of sulfonamides is 1. The van der Waals surface area contributed by atoms with Crippen molar-refractivity contribution in [3.8, 4) is 5.88 Å². The number of hydrogen-bond acceptors (Lipinski definition) is 11. The largest absolute Gasteiger partial charge is 0.468 e. The Labute approximate surface area is 330 Å². The highest BCUT2D eigenvalue weighted by atomic mass is 32.2. The second kappa shape index (κ2) is 14.7. The second-order valence-corrected chi connectivity index (χ2v) is 19.2. The van der Waals surface area contributed by atoms with Crippen LogP contribution in [0.15, 0.2) is 36.4 Å². The summed E-state index contributed by atoms with van der Waals surface area (Å²) in [6.45, 7) is 8.00. The molecule has 3 heterocycles. The van der Waals surface area contributed by atoms with Crippen molar-refractivity contribution in [2.75, 3.05) is 13.2 Å². The van der Waals surface area contributed by atoms with Crippen LogP contribution in [-0.2, 0) is 39.8 Å². The third kappa shape index (κ3) is 8.29. The molecule has 18 heteroatoms. The number of carbonyl (C=O) groups is 4. The molecule has 1 aromatic heterocycles. The van der Waals surface area contributed by atoms with Gasteiger partial charge in [0.15, 0.2) is 5.69 Å². The zero-order valence-electron chi connectivity index (χ0n) is 32.7. The molecule has 3 aliphatic carbocycles. The summed E-state index contributed by atoms with van der Waals surface area (Å²) in [4.78, 5) is 66.3. The summed E-state index contributed by atoms with van der Waals surface area (Å²) >= 11 is 0. The number of carbonyl (C=O) groups excluding carboxylic acids is 4. The molecule has 3 saturated carbocycles. The fourth-order valence-corrected chi connectivity index (χ4v) is 9.53. The molecule has 5 aliphatic rings. The van der Waals surface area contributed by atoms with Crippen molar-refractivity contribution < 1.29 is 50.6 Å². The Balaban J connectivity index is 1.28. The lowest BCUT2D eigenvalue weighted by Crippen LogP contribution is -2.60. The Hall–Kier alpha value is -4.45. The molecule has 4 amide bonds. The van der Waals surface area contributed by atoms with Crippen molar-refractivity contribution in [1.29, 1.82) is 0 Å². The number of halogens is 2. The van der Waals surface area contributed by atoms with Gasteiger partial charge in [-0.1, -0.05) is 52.3 Å². The molecule has 15 nitrogen and oxygen atoms in total. The smallest absolute Gasteiger partial charge is 0.408 e. The molecule has 57 heavy (non-hydrogen) atoms.